The lowest BCUT2D eigenvalue weighted by molar-refractivity contribution is 0.317. The molecular weight excluding hydrogens is 277 g/mol. The molecule has 0 spiro atoms. The molecule has 1 nitrogen and oxygen atoms in total. The molecule has 0 saturated carbocycles. The van der Waals surface area contributed by atoms with E-state index in [-0.39, 0.29) is 5.54 Å². The van der Waals surface area contributed by atoms with Crippen molar-refractivity contribution in [3.8, 4) is 0 Å². The number of hydrogen-bond donors (Lipinski definition) is 1. The fourth-order valence-corrected chi connectivity index (χ4v) is 2.32. The van der Waals surface area contributed by atoms with E-state index in [1.165, 1.54) is 0 Å². The summed E-state index contributed by atoms with van der Waals surface area (Å²) in [6.07, 6.45) is 0.965. The first-order valence-corrected chi connectivity index (χ1v) is 7.64. The Morgan fingerprint density at radius 1 is 1.11 bits per heavy atom. The summed E-state index contributed by atoms with van der Waals surface area (Å²) in [6, 6.07) is 5.87. The Balaban J connectivity index is 2.59. The molecule has 0 saturated heterocycles. The molecule has 19 heavy (non-hydrogen) atoms. The molecule has 2 unspecified atom stereocenters. The van der Waals surface area contributed by atoms with Gasteiger partial charge in [-0.2, -0.15) is 0 Å². The van der Waals surface area contributed by atoms with Gasteiger partial charge in [-0.25, -0.2) is 0 Å². The second-order valence-corrected chi connectivity index (χ2v) is 7.29. The van der Waals surface area contributed by atoms with Crippen molar-refractivity contribution in [3.05, 3.63) is 33.8 Å². The van der Waals surface area contributed by atoms with Crippen LogP contribution in [0.2, 0.25) is 10.0 Å². The zero-order valence-electron chi connectivity index (χ0n) is 12.6. The highest BCUT2D eigenvalue weighted by Gasteiger charge is 2.17. The minimum absolute atomic E-state index is 0.168. The van der Waals surface area contributed by atoms with Crippen molar-refractivity contribution in [3.63, 3.8) is 0 Å². The average Bonchev–Trinajstić information content (AvgIpc) is 2.31. The zero-order valence-corrected chi connectivity index (χ0v) is 14.1. The second-order valence-electron chi connectivity index (χ2n) is 6.50. The van der Waals surface area contributed by atoms with E-state index in [1.54, 1.807) is 0 Å². The smallest absolute Gasteiger partial charge is 0.0624 e. The SMILES string of the molecule is CC(CNC(C)(C)C)C(C)Cc1cccc(Cl)c1Cl. The lowest BCUT2D eigenvalue weighted by Crippen LogP contribution is -2.40. The molecule has 0 heterocycles. The summed E-state index contributed by atoms with van der Waals surface area (Å²) < 4.78 is 0. The summed E-state index contributed by atoms with van der Waals surface area (Å²) in [6.45, 7) is 12.1. The highest BCUT2D eigenvalue weighted by atomic mass is 35.5. The first kappa shape index (κ1) is 16.8. The molecule has 108 valence electrons. The average molecular weight is 302 g/mol. The predicted octanol–water partition coefficient (Wildman–Crippen LogP) is 5.20. The molecule has 0 aliphatic carbocycles. The molecule has 0 aliphatic heterocycles. The van der Waals surface area contributed by atoms with Crippen LogP contribution in [0.25, 0.3) is 0 Å². The number of rotatable bonds is 5. The van der Waals surface area contributed by atoms with Crippen molar-refractivity contribution in [1.29, 1.82) is 0 Å². The van der Waals surface area contributed by atoms with Crippen LogP contribution in [-0.2, 0) is 6.42 Å². The highest BCUT2D eigenvalue weighted by molar-refractivity contribution is 6.42. The molecular formula is C16H25Cl2N. The molecule has 0 bridgehead atoms. The Morgan fingerprint density at radius 2 is 1.74 bits per heavy atom. The van der Waals surface area contributed by atoms with Gasteiger partial charge in [0.05, 0.1) is 10.0 Å². The Kier molecular flexibility index (Phi) is 6.16. The summed E-state index contributed by atoms with van der Waals surface area (Å²) in [5.41, 5.74) is 1.31. The van der Waals surface area contributed by atoms with E-state index in [1.807, 2.05) is 12.1 Å². The molecule has 0 fully saturated rings. The van der Waals surface area contributed by atoms with Gasteiger partial charge in [-0.05, 0) is 57.2 Å². The summed E-state index contributed by atoms with van der Waals surface area (Å²) in [5, 5.41) is 4.90. The summed E-state index contributed by atoms with van der Waals surface area (Å²) in [4.78, 5) is 0. The summed E-state index contributed by atoms with van der Waals surface area (Å²) >= 11 is 12.3. The highest BCUT2D eigenvalue weighted by Crippen LogP contribution is 2.28. The van der Waals surface area contributed by atoms with Crippen molar-refractivity contribution >= 4 is 23.2 Å². The van der Waals surface area contributed by atoms with Gasteiger partial charge in [-0.3, -0.25) is 0 Å². The maximum atomic E-state index is 6.24. The normalized spacial score (nSPS) is 15.3. The Hall–Kier alpha value is -0.240. The van der Waals surface area contributed by atoms with Crippen molar-refractivity contribution in [2.45, 2.75) is 46.6 Å². The quantitative estimate of drug-likeness (QED) is 0.788. The van der Waals surface area contributed by atoms with Gasteiger partial charge < -0.3 is 5.32 Å². The van der Waals surface area contributed by atoms with Crippen molar-refractivity contribution in [2.75, 3.05) is 6.54 Å². The molecule has 2 atom stereocenters. The fraction of sp³-hybridized carbons (Fsp3) is 0.625. The van der Waals surface area contributed by atoms with E-state index < -0.39 is 0 Å². The van der Waals surface area contributed by atoms with Gasteiger partial charge in [0.25, 0.3) is 0 Å². The van der Waals surface area contributed by atoms with Crippen LogP contribution >= 0.6 is 23.2 Å². The van der Waals surface area contributed by atoms with Crippen LogP contribution in [0.3, 0.4) is 0 Å². The number of benzene rings is 1. The molecule has 3 heteroatoms. The van der Waals surface area contributed by atoms with Crippen LogP contribution in [0.4, 0.5) is 0 Å². The van der Waals surface area contributed by atoms with Gasteiger partial charge in [-0.15, -0.1) is 0 Å². The van der Waals surface area contributed by atoms with E-state index in [9.17, 15) is 0 Å². The monoisotopic (exact) mass is 301 g/mol. The van der Waals surface area contributed by atoms with Crippen LogP contribution in [0.1, 0.15) is 40.2 Å². The standard InChI is InChI=1S/C16H25Cl2N/c1-11(12(2)10-19-16(3,4)5)9-13-7-6-8-14(17)15(13)18/h6-8,11-12,19H,9-10H2,1-5H3. The van der Waals surface area contributed by atoms with Gasteiger partial charge in [0.15, 0.2) is 0 Å². The molecule has 1 N–H and O–H groups in total. The van der Waals surface area contributed by atoms with E-state index in [0.717, 1.165) is 18.5 Å². The van der Waals surface area contributed by atoms with Crippen molar-refractivity contribution < 1.29 is 0 Å². The minimum atomic E-state index is 0.168. The topological polar surface area (TPSA) is 12.0 Å². The van der Waals surface area contributed by atoms with Gasteiger partial charge in [0.2, 0.25) is 0 Å². The van der Waals surface area contributed by atoms with Crippen LogP contribution in [0.5, 0.6) is 0 Å². The van der Waals surface area contributed by atoms with Gasteiger partial charge >= 0.3 is 0 Å². The minimum Gasteiger partial charge on any atom is -0.312 e. The molecule has 0 radical (unpaired) electrons. The maximum absolute atomic E-state index is 6.24. The lowest BCUT2D eigenvalue weighted by Gasteiger charge is -2.27. The summed E-state index contributed by atoms with van der Waals surface area (Å²) in [5.74, 6) is 1.15. The molecule has 1 aromatic carbocycles. The van der Waals surface area contributed by atoms with E-state index in [2.05, 4.69) is 46.0 Å². The molecule has 0 aliphatic rings. The molecule has 1 rings (SSSR count). The zero-order chi connectivity index (χ0) is 14.6. The van der Waals surface area contributed by atoms with E-state index >= 15 is 0 Å². The number of nitrogens with one attached hydrogen (secondary N) is 1. The largest absolute Gasteiger partial charge is 0.312 e. The Morgan fingerprint density at radius 3 is 2.32 bits per heavy atom. The fourth-order valence-electron chi connectivity index (χ4n) is 1.92. The van der Waals surface area contributed by atoms with Gasteiger partial charge in [0, 0.05) is 5.54 Å². The van der Waals surface area contributed by atoms with Crippen LogP contribution < -0.4 is 5.32 Å². The second kappa shape index (κ2) is 6.97. The third kappa shape index (κ3) is 5.72. The molecule has 0 amide bonds. The molecule has 1 aromatic rings. The summed E-state index contributed by atoms with van der Waals surface area (Å²) in [7, 11) is 0. The maximum Gasteiger partial charge on any atom is 0.0624 e. The van der Waals surface area contributed by atoms with Gasteiger partial charge in [-0.1, -0.05) is 49.2 Å². The van der Waals surface area contributed by atoms with Crippen LogP contribution in [0, 0.1) is 11.8 Å². The Labute approximate surface area is 127 Å². The van der Waals surface area contributed by atoms with Crippen LogP contribution in [0.15, 0.2) is 18.2 Å². The number of halogens is 2. The number of hydrogen-bond acceptors (Lipinski definition) is 1. The van der Waals surface area contributed by atoms with E-state index in [4.69, 9.17) is 23.2 Å². The third-order valence-electron chi connectivity index (χ3n) is 3.50. The first-order chi connectivity index (χ1) is 8.70. The predicted molar refractivity (Wildman–Crippen MR) is 86.2 cm³/mol. The van der Waals surface area contributed by atoms with Gasteiger partial charge in [0.1, 0.15) is 0 Å². The van der Waals surface area contributed by atoms with Crippen molar-refractivity contribution in [2.24, 2.45) is 11.8 Å². The third-order valence-corrected chi connectivity index (χ3v) is 4.36. The lowest BCUT2D eigenvalue weighted by atomic mass is 9.89. The van der Waals surface area contributed by atoms with E-state index in [0.29, 0.717) is 21.9 Å². The van der Waals surface area contributed by atoms with Crippen molar-refractivity contribution in [1.82, 2.24) is 5.32 Å². The molecule has 0 aromatic heterocycles. The first-order valence-electron chi connectivity index (χ1n) is 6.88. The Bertz CT molecular complexity index is 410. The van der Waals surface area contributed by atoms with Crippen LogP contribution in [-0.4, -0.2) is 12.1 Å².